The molecule has 9 rings (SSSR count). The summed E-state index contributed by atoms with van der Waals surface area (Å²) >= 11 is 53.4. The Hall–Kier alpha value is -6.68. The van der Waals surface area contributed by atoms with E-state index in [1.807, 2.05) is 30.3 Å². The Morgan fingerprint density at radius 2 is 0.898 bits per heavy atom. The van der Waals surface area contributed by atoms with Crippen LogP contribution in [0.2, 0.25) is 20.1 Å². The van der Waals surface area contributed by atoms with Crippen molar-refractivity contribution >= 4 is 144 Å². The smallest absolute Gasteiger partial charge is 0.349 e. The van der Waals surface area contributed by atoms with Crippen molar-refractivity contribution in [1.29, 1.82) is 0 Å². The third-order valence-electron chi connectivity index (χ3n) is 10.2. The first-order valence-corrected chi connectivity index (χ1v) is 28.7. The average Bonchev–Trinajstić information content (AvgIpc) is 4.36. The Morgan fingerprint density at radius 1 is 0.534 bits per heavy atom. The number of halogens is 10. The standard InChI is InChI=1S/C18H13Cl2NO4.2C10H7Cl2NO2.C9H9BrO2.C7H6ClNO2.C3H4Cl2O.4CH4/c19-9-13-10-24-17(21-13)14-8-12(20)6-7-15(14)25-16(18(22)23)11-4-2-1-3-5-11;2*11-4-7-5-15-10(13-7)8-3-6(12)1-2-9(8)14;1-12-9(11)8(10)7-5-3-2-4-6-7;8-4-1-2-6(10)5(3-4)7(9)11;4-1-3(6)2-5;;;;/h1-8,10,16H,9H2,(H,22,23);2*1-3,5,14H,4H2;2-6,8H,1H3;1-3,10H,(H2,9,11);1-2H2;4*1H4. The molecule has 0 saturated carbocycles. The van der Waals surface area contributed by atoms with Crippen molar-refractivity contribution < 1.29 is 62.3 Å². The maximum atomic E-state index is 11.7. The molecule has 3 aromatic heterocycles. The van der Waals surface area contributed by atoms with Crippen LogP contribution in [0.25, 0.3) is 34.4 Å². The Morgan fingerprint density at radius 3 is 1.24 bits per heavy atom. The lowest BCUT2D eigenvalue weighted by atomic mass is 10.1. The van der Waals surface area contributed by atoms with Gasteiger partial charge in [0, 0.05) is 25.7 Å². The monoisotopic (exact) mass is 1450 g/mol. The lowest BCUT2D eigenvalue weighted by molar-refractivity contribution is -0.145. The predicted molar refractivity (Wildman–Crippen MR) is 355 cm³/mol. The van der Waals surface area contributed by atoms with Crippen molar-refractivity contribution in [3.63, 3.8) is 0 Å². The van der Waals surface area contributed by atoms with Crippen LogP contribution in [-0.4, -0.2) is 77.9 Å². The topological polar surface area (TPSA) is 272 Å². The third-order valence-corrected chi connectivity index (χ3v) is 13.5. The molecule has 0 aliphatic carbocycles. The van der Waals surface area contributed by atoms with E-state index in [2.05, 4.69) is 35.6 Å². The number of phenols is 3. The van der Waals surface area contributed by atoms with Gasteiger partial charge < -0.3 is 48.9 Å². The van der Waals surface area contributed by atoms with Crippen LogP contribution < -0.4 is 10.5 Å². The van der Waals surface area contributed by atoms with Gasteiger partial charge in [-0.25, -0.2) is 19.7 Å². The number of alkyl halides is 6. The second kappa shape index (κ2) is 42.3. The summed E-state index contributed by atoms with van der Waals surface area (Å²) in [4.78, 5) is 55.2. The molecule has 0 bridgehead atoms. The van der Waals surface area contributed by atoms with Crippen LogP contribution >= 0.6 is 120 Å². The van der Waals surface area contributed by atoms with Gasteiger partial charge in [-0.15, -0.1) is 58.0 Å². The van der Waals surface area contributed by atoms with Crippen LogP contribution in [-0.2, 0) is 36.8 Å². The Labute approximate surface area is 563 Å². The van der Waals surface area contributed by atoms with Crippen LogP contribution in [0.5, 0.6) is 23.0 Å². The molecule has 9 aromatic rings. The minimum Gasteiger partial charge on any atom is -0.507 e. The number of aliphatic carboxylic acids is 1. The minimum absolute atomic E-state index is 0. The number of ether oxygens (including phenoxy) is 2. The summed E-state index contributed by atoms with van der Waals surface area (Å²) in [5.74, 6) is -0.243. The molecule has 3 heterocycles. The SMILES string of the molecule is C.C.C.C.COC(=O)C(Br)c1ccccc1.NC(=O)c1cc(Cl)ccc1O.O=C(CCl)CCl.O=C(O)C(Oc1ccc(Cl)cc1-c1nc(CCl)co1)c1ccccc1.Oc1ccc(Cl)cc1-c1nc(CCl)co1.Oc1ccc(Cl)cc1-c1nc(CCl)co1. The van der Waals surface area contributed by atoms with Gasteiger partial charge in [0.1, 0.15) is 46.6 Å². The molecule has 0 aliphatic heterocycles. The van der Waals surface area contributed by atoms with Gasteiger partial charge in [0.05, 0.1) is 75.8 Å². The largest absolute Gasteiger partial charge is 0.507 e. The van der Waals surface area contributed by atoms with Gasteiger partial charge in [-0.1, -0.05) is 153 Å². The second-order valence-electron chi connectivity index (χ2n) is 16.2. The fourth-order valence-electron chi connectivity index (χ4n) is 6.23. The Bertz CT molecular complexity index is 3460. The van der Waals surface area contributed by atoms with Crippen LogP contribution in [0.4, 0.5) is 0 Å². The zero-order chi connectivity index (χ0) is 61.9. The van der Waals surface area contributed by atoms with Crippen LogP contribution in [0.1, 0.15) is 79.2 Å². The molecule has 27 heteroatoms. The van der Waals surface area contributed by atoms with Crippen molar-refractivity contribution in [2.75, 3.05) is 18.9 Å². The van der Waals surface area contributed by atoms with Crippen LogP contribution in [0.3, 0.4) is 0 Å². The number of hydrogen-bond donors (Lipinski definition) is 5. The van der Waals surface area contributed by atoms with Gasteiger partial charge >= 0.3 is 11.9 Å². The number of Topliss-reactive ketones (excluding diaryl/α,β-unsaturated/α-hetero) is 1. The molecule has 0 radical (unpaired) electrons. The molecule has 17 nitrogen and oxygen atoms in total. The number of esters is 1. The number of nitrogens with zero attached hydrogens (tertiary/aromatic N) is 3. The van der Waals surface area contributed by atoms with E-state index in [-0.39, 0.29) is 104 Å². The number of carbonyl (C=O) groups excluding carboxylic acids is 3. The van der Waals surface area contributed by atoms with Gasteiger partial charge in [0.15, 0.2) is 5.78 Å². The molecule has 2 unspecified atom stereocenters. The highest BCUT2D eigenvalue weighted by Gasteiger charge is 2.25. The van der Waals surface area contributed by atoms with Crippen molar-refractivity contribution in [2.45, 2.75) is 58.3 Å². The molecule has 2 atom stereocenters. The van der Waals surface area contributed by atoms with Gasteiger partial charge in [0.2, 0.25) is 23.8 Å². The molecule has 1 amide bonds. The first-order valence-electron chi connectivity index (χ1n) is 23.6. The molecule has 0 spiro atoms. The van der Waals surface area contributed by atoms with E-state index in [9.17, 15) is 34.5 Å². The number of carbonyl (C=O) groups is 4. The van der Waals surface area contributed by atoms with E-state index in [1.54, 1.807) is 72.8 Å². The molecule has 0 saturated heterocycles. The molecule has 6 aromatic carbocycles. The van der Waals surface area contributed by atoms with E-state index >= 15 is 0 Å². The number of carboxylic acid groups (broad SMARTS) is 1. The highest BCUT2D eigenvalue weighted by Crippen LogP contribution is 2.36. The number of carboxylic acids is 1. The number of rotatable bonds is 15. The first-order chi connectivity index (χ1) is 40.2. The number of aromatic hydroxyl groups is 3. The second-order valence-corrected chi connectivity index (χ2v) is 20.2. The van der Waals surface area contributed by atoms with Gasteiger partial charge in [-0.05, 0) is 78.4 Å². The molecule has 0 aliphatic rings. The summed E-state index contributed by atoms with van der Waals surface area (Å²) < 4.78 is 26.1. The summed E-state index contributed by atoms with van der Waals surface area (Å²) in [6.45, 7) is 0. The molecule has 0 fully saturated rings. The maximum Gasteiger partial charge on any atom is 0.349 e. The van der Waals surface area contributed by atoms with Crippen LogP contribution in [0, 0.1) is 0 Å². The number of amides is 1. The number of aromatic nitrogens is 3. The van der Waals surface area contributed by atoms with Crippen LogP contribution in [0.15, 0.2) is 166 Å². The third kappa shape index (κ3) is 26.2. The number of ketones is 1. The van der Waals surface area contributed by atoms with E-state index < -0.39 is 18.0 Å². The molecule has 6 N–H and O–H groups in total. The number of benzene rings is 6. The lowest BCUT2D eigenvalue weighted by Crippen LogP contribution is -2.18. The number of hydrogen-bond acceptors (Lipinski definition) is 15. The molecular formula is C61H62BrCl9N4O13. The number of nitrogens with two attached hydrogens (primary N) is 1. The van der Waals surface area contributed by atoms with Gasteiger partial charge in [-0.3, -0.25) is 14.4 Å². The van der Waals surface area contributed by atoms with Crippen molar-refractivity contribution in [3.8, 4) is 57.4 Å². The minimum atomic E-state index is -1.18. The Balaban J connectivity index is 0.00000107. The highest BCUT2D eigenvalue weighted by molar-refractivity contribution is 9.09. The average molecular weight is 1460 g/mol. The fraction of sp³-hybridized carbons (Fsp3) is 0.197. The maximum absolute atomic E-state index is 11.7. The zero-order valence-electron chi connectivity index (χ0n) is 43.3. The van der Waals surface area contributed by atoms with E-state index in [1.165, 1.54) is 56.2 Å². The molecular weight excluding hydrogens is 1400 g/mol. The zero-order valence-corrected chi connectivity index (χ0v) is 51.7. The van der Waals surface area contributed by atoms with E-state index in [4.69, 9.17) is 133 Å². The summed E-state index contributed by atoms with van der Waals surface area (Å²) in [5, 5.41) is 39.6. The summed E-state index contributed by atoms with van der Waals surface area (Å²) in [6, 6.07) is 36.3. The number of primary amides is 1. The predicted octanol–water partition coefficient (Wildman–Crippen LogP) is 18.8. The van der Waals surface area contributed by atoms with Crippen molar-refractivity contribution in [1.82, 2.24) is 15.0 Å². The van der Waals surface area contributed by atoms with Gasteiger partial charge in [0.25, 0.3) is 5.91 Å². The van der Waals surface area contributed by atoms with E-state index in [0.29, 0.717) is 77.0 Å². The van der Waals surface area contributed by atoms with Crippen molar-refractivity contribution in [3.05, 3.63) is 206 Å². The summed E-state index contributed by atoms with van der Waals surface area (Å²) in [6.07, 6.45) is 3.15. The fourth-order valence-corrected chi connectivity index (χ4v) is 8.06. The molecule has 88 heavy (non-hydrogen) atoms. The summed E-state index contributed by atoms with van der Waals surface area (Å²) in [5.41, 5.74) is 9.54. The number of oxazole rings is 3. The lowest BCUT2D eigenvalue weighted by Gasteiger charge is -2.17. The number of phenolic OH excluding ortho intramolecular Hbond substituents is 2. The first kappa shape index (κ1) is 81.3. The normalized spacial score (nSPS) is 10.4. The Kier molecular flexibility index (Phi) is 39.1. The van der Waals surface area contributed by atoms with Gasteiger partial charge in [-0.2, -0.15) is 0 Å². The quantitative estimate of drug-likeness (QED) is 0.0471. The van der Waals surface area contributed by atoms with Crippen molar-refractivity contribution in [2.24, 2.45) is 5.73 Å². The van der Waals surface area contributed by atoms with E-state index in [0.717, 1.165) is 5.56 Å². The number of methoxy groups -OCH3 is 1. The summed E-state index contributed by atoms with van der Waals surface area (Å²) in [7, 11) is 1.37. The highest BCUT2D eigenvalue weighted by atomic mass is 79.9. The molecule has 474 valence electrons.